The minimum atomic E-state index is -3.71. The summed E-state index contributed by atoms with van der Waals surface area (Å²) in [6.45, 7) is 3.02. The van der Waals surface area contributed by atoms with Crippen molar-refractivity contribution in [2.45, 2.75) is 69.2 Å². The van der Waals surface area contributed by atoms with Crippen LogP contribution in [-0.4, -0.2) is 61.8 Å². The number of ether oxygens (including phenoxy) is 1. The third-order valence-corrected chi connectivity index (χ3v) is 8.34. The molecule has 9 heteroatoms. The average molecular weight is 471 g/mol. The fourth-order valence-corrected chi connectivity index (χ4v) is 6.13. The number of sulfonamides is 1. The second kappa shape index (κ2) is 10.8. The lowest BCUT2D eigenvalue weighted by atomic mass is 9.94. The van der Waals surface area contributed by atoms with Crippen molar-refractivity contribution in [1.29, 1.82) is 0 Å². The zero-order valence-corrected chi connectivity index (χ0v) is 19.6. The molecule has 0 unspecified atom stereocenters. The van der Waals surface area contributed by atoms with Gasteiger partial charge in [-0.25, -0.2) is 13.2 Å². The third-order valence-electron chi connectivity index (χ3n) is 6.11. The summed E-state index contributed by atoms with van der Waals surface area (Å²) in [7, 11) is -3.71. The number of rotatable bonds is 7. The van der Waals surface area contributed by atoms with Gasteiger partial charge in [0.25, 0.3) is 5.91 Å². The van der Waals surface area contributed by atoms with Gasteiger partial charge in [0.2, 0.25) is 10.0 Å². The van der Waals surface area contributed by atoms with Gasteiger partial charge in [0.15, 0.2) is 6.61 Å². The summed E-state index contributed by atoms with van der Waals surface area (Å²) in [6.07, 6.45) is 7.97. The monoisotopic (exact) mass is 470 g/mol. The molecule has 1 heterocycles. The molecule has 1 saturated heterocycles. The smallest absolute Gasteiger partial charge is 0.340 e. The summed E-state index contributed by atoms with van der Waals surface area (Å²) < 4.78 is 32.5. The van der Waals surface area contributed by atoms with Crippen LogP contribution in [0.5, 0.6) is 0 Å². The minimum Gasteiger partial charge on any atom is -0.452 e. The predicted octanol–water partition coefficient (Wildman–Crippen LogP) is 3.85. The largest absolute Gasteiger partial charge is 0.452 e. The number of piperidine rings is 1. The van der Waals surface area contributed by atoms with Gasteiger partial charge in [-0.1, -0.05) is 37.3 Å². The van der Waals surface area contributed by atoms with E-state index < -0.39 is 16.0 Å². The molecule has 172 valence electrons. The first-order chi connectivity index (χ1) is 14.8. The lowest BCUT2D eigenvalue weighted by molar-refractivity contribution is -0.137. The predicted molar refractivity (Wildman–Crippen MR) is 119 cm³/mol. The summed E-state index contributed by atoms with van der Waals surface area (Å²) in [6, 6.07) is 4.22. The maximum absolute atomic E-state index is 12.9. The second-order valence-electron chi connectivity index (χ2n) is 8.15. The highest BCUT2D eigenvalue weighted by Gasteiger charge is 2.28. The van der Waals surface area contributed by atoms with E-state index in [1.165, 1.54) is 28.9 Å². The Morgan fingerprint density at radius 1 is 1.10 bits per heavy atom. The molecule has 2 aliphatic rings. The molecule has 0 aromatic heterocycles. The van der Waals surface area contributed by atoms with Gasteiger partial charge in [0, 0.05) is 25.7 Å². The standard InChI is InChI=1S/C22H31ClN2O5S/c1-2-25(17-9-5-3-6-10-17)21(26)16-30-22(27)19-15-18(11-12-20(19)23)31(28,29)24-13-7-4-8-14-24/h11-12,15,17H,2-10,13-14,16H2,1H3. The lowest BCUT2D eigenvalue weighted by Crippen LogP contribution is -2.43. The number of benzene rings is 1. The van der Waals surface area contributed by atoms with Crippen molar-refractivity contribution in [2.24, 2.45) is 0 Å². The van der Waals surface area contributed by atoms with Crippen molar-refractivity contribution < 1.29 is 22.7 Å². The summed E-state index contributed by atoms with van der Waals surface area (Å²) in [5.74, 6) is -1.04. The van der Waals surface area contributed by atoms with Crippen LogP contribution < -0.4 is 0 Å². The number of hydrogen-bond acceptors (Lipinski definition) is 5. The van der Waals surface area contributed by atoms with Gasteiger partial charge >= 0.3 is 5.97 Å². The van der Waals surface area contributed by atoms with E-state index in [2.05, 4.69) is 0 Å². The van der Waals surface area contributed by atoms with E-state index in [9.17, 15) is 18.0 Å². The molecule has 1 aromatic carbocycles. The summed E-state index contributed by atoms with van der Waals surface area (Å²) in [4.78, 5) is 27.0. The van der Waals surface area contributed by atoms with Crippen LogP contribution in [0.4, 0.5) is 0 Å². The first-order valence-electron chi connectivity index (χ1n) is 11.1. The number of nitrogens with zero attached hydrogens (tertiary/aromatic N) is 2. The lowest BCUT2D eigenvalue weighted by Gasteiger charge is -2.33. The van der Waals surface area contributed by atoms with E-state index in [4.69, 9.17) is 16.3 Å². The Hall–Kier alpha value is -1.64. The Labute approximate surface area is 189 Å². The topological polar surface area (TPSA) is 84.0 Å². The quantitative estimate of drug-likeness (QED) is 0.565. The SMILES string of the molecule is CCN(C(=O)COC(=O)c1cc(S(=O)(=O)N2CCCCC2)ccc1Cl)C1CCCCC1. The van der Waals surface area contributed by atoms with Crippen molar-refractivity contribution in [3.8, 4) is 0 Å². The van der Waals surface area contributed by atoms with E-state index in [0.717, 1.165) is 44.9 Å². The number of hydrogen-bond donors (Lipinski definition) is 0. The molecule has 1 amide bonds. The van der Waals surface area contributed by atoms with Gasteiger partial charge in [-0.3, -0.25) is 4.79 Å². The number of carbonyl (C=O) groups is 2. The van der Waals surface area contributed by atoms with E-state index in [-0.39, 0.29) is 34.0 Å². The molecular weight excluding hydrogens is 440 g/mol. The van der Waals surface area contributed by atoms with Crippen molar-refractivity contribution in [2.75, 3.05) is 26.2 Å². The van der Waals surface area contributed by atoms with Gasteiger partial charge in [0.05, 0.1) is 15.5 Å². The highest BCUT2D eigenvalue weighted by Crippen LogP contribution is 2.26. The molecular formula is C22H31ClN2O5S. The van der Waals surface area contributed by atoms with E-state index in [1.807, 2.05) is 6.92 Å². The van der Waals surface area contributed by atoms with E-state index in [0.29, 0.717) is 19.6 Å². The molecule has 1 aromatic rings. The molecule has 31 heavy (non-hydrogen) atoms. The van der Waals surface area contributed by atoms with Crippen LogP contribution in [0.15, 0.2) is 23.1 Å². The highest BCUT2D eigenvalue weighted by atomic mass is 35.5. The van der Waals surface area contributed by atoms with Crippen molar-refractivity contribution >= 4 is 33.5 Å². The number of carbonyl (C=O) groups excluding carboxylic acids is 2. The fraction of sp³-hybridized carbons (Fsp3) is 0.636. The zero-order chi connectivity index (χ0) is 22.4. The van der Waals surface area contributed by atoms with Gasteiger partial charge in [-0.15, -0.1) is 0 Å². The number of amides is 1. The van der Waals surface area contributed by atoms with Crippen molar-refractivity contribution in [3.05, 3.63) is 28.8 Å². The molecule has 3 rings (SSSR count). The van der Waals surface area contributed by atoms with Crippen LogP contribution in [0.25, 0.3) is 0 Å². The average Bonchev–Trinajstić information content (AvgIpc) is 2.79. The van der Waals surface area contributed by atoms with Crippen LogP contribution in [0.2, 0.25) is 5.02 Å². The van der Waals surface area contributed by atoms with E-state index >= 15 is 0 Å². The fourth-order valence-electron chi connectivity index (χ4n) is 4.39. The number of esters is 1. The number of likely N-dealkylation sites (N-methyl/N-ethyl adjacent to an activating group) is 1. The molecule has 2 fully saturated rings. The summed E-state index contributed by atoms with van der Waals surface area (Å²) in [5, 5.41) is 0.0923. The molecule has 1 aliphatic carbocycles. The minimum absolute atomic E-state index is 0.00877. The molecule has 1 saturated carbocycles. The Bertz CT molecular complexity index is 893. The summed E-state index contributed by atoms with van der Waals surface area (Å²) in [5.41, 5.74) is -0.0479. The zero-order valence-electron chi connectivity index (χ0n) is 18.0. The molecule has 0 bridgehead atoms. The molecule has 0 radical (unpaired) electrons. The van der Waals surface area contributed by atoms with Crippen LogP contribution in [0.1, 0.15) is 68.6 Å². The van der Waals surface area contributed by atoms with Gasteiger partial charge in [-0.05, 0) is 50.8 Å². The normalized spacial score (nSPS) is 18.5. The molecule has 7 nitrogen and oxygen atoms in total. The maximum Gasteiger partial charge on any atom is 0.340 e. The summed E-state index contributed by atoms with van der Waals surface area (Å²) >= 11 is 6.15. The second-order valence-corrected chi connectivity index (χ2v) is 10.5. The molecule has 0 atom stereocenters. The van der Waals surface area contributed by atoms with Crippen LogP contribution in [0.3, 0.4) is 0 Å². The first kappa shape index (κ1) is 24.0. The van der Waals surface area contributed by atoms with Gasteiger partial charge < -0.3 is 9.64 Å². The third kappa shape index (κ3) is 5.79. The molecule has 1 aliphatic heterocycles. The maximum atomic E-state index is 12.9. The molecule has 0 spiro atoms. The number of halogens is 1. The Balaban J connectivity index is 1.68. The van der Waals surface area contributed by atoms with Crippen molar-refractivity contribution in [1.82, 2.24) is 9.21 Å². The Kier molecular flexibility index (Phi) is 8.36. The van der Waals surface area contributed by atoms with Crippen LogP contribution >= 0.6 is 11.6 Å². The van der Waals surface area contributed by atoms with Gasteiger partial charge in [0.1, 0.15) is 0 Å². The van der Waals surface area contributed by atoms with Crippen LogP contribution in [-0.2, 0) is 19.6 Å². The highest BCUT2D eigenvalue weighted by molar-refractivity contribution is 7.89. The molecule has 0 N–H and O–H groups in total. The Morgan fingerprint density at radius 3 is 2.39 bits per heavy atom. The Morgan fingerprint density at radius 2 is 1.74 bits per heavy atom. The van der Waals surface area contributed by atoms with Gasteiger partial charge in [-0.2, -0.15) is 4.31 Å². The van der Waals surface area contributed by atoms with Crippen molar-refractivity contribution in [3.63, 3.8) is 0 Å². The van der Waals surface area contributed by atoms with Crippen LogP contribution in [0, 0.1) is 0 Å². The van der Waals surface area contributed by atoms with E-state index in [1.54, 1.807) is 4.90 Å². The first-order valence-corrected chi connectivity index (χ1v) is 12.9.